The maximum Gasteiger partial charge on any atom is 0.119 e. The molecule has 0 aliphatic heterocycles. The third-order valence-corrected chi connectivity index (χ3v) is 6.61. The van der Waals surface area contributed by atoms with Gasteiger partial charge in [0.1, 0.15) is 5.75 Å². The highest BCUT2D eigenvalue weighted by atomic mass is 16.5. The Morgan fingerprint density at radius 1 is 0.479 bits per heavy atom. The largest absolute Gasteiger partial charge is 0.494 e. The number of rotatable bonds is 23. The summed E-state index contributed by atoms with van der Waals surface area (Å²) in [5, 5.41) is 0. The number of allylic oxidation sites excluding steroid dienone is 5. The number of benzene rings is 1. The first kappa shape index (κ1) is 58.0. The summed E-state index contributed by atoms with van der Waals surface area (Å²) in [6.45, 7) is 37.6. The zero-order valence-corrected chi connectivity index (χ0v) is 34.7. The molecule has 284 valence electrons. The molecule has 0 N–H and O–H groups in total. The summed E-state index contributed by atoms with van der Waals surface area (Å²) < 4.78 is 5.50. The number of hydrogen-bond donors (Lipinski definition) is 0. The van der Waals surface area contributed by atoms with Gasteiger partial charge >= 0.3 is 0 Å². The summed E-state index contributed by atoms with van der Waals surface area (Å²) in [5.74, 6) is 0.981. The van der Waals surface area contributed by atoms with Gasteiger partial charge in [-0.15, -0.1) is 32.9 Å². The van der Waals surface area contributed by atoms with Crippen LogP contribution in [0.2, 0.25) is 0 Å². The van der Waals surface area contributed by atoms with E-state index in [2.05, 4.69) is 86.6 Å². The second kappa shape index (κ2) is 67.0. The van der Waals surface area contributed by atoms with E-state index in [1.165, 1.54) is 128 Å². The molecular formula is C47H90O. The SMILES string of the molecule is C=CC.C=CCC.C=CCCCCC.C=CCCCCCCC.C=CCCCCCCCCC.CC.CCCCOc1ccc(C)cc1. The van der Waals surface area contributed by atoms with E-state index in [1.54, 1.807) is 6.08 Å². The first-order valence-electron chi connectivity index (χ1n) is 20.1. The highest BCUT2D eigenvalue weighted by Crippen LogP contribution is 2.11. The Hall–Kier alpha value is -2.28. The molecule has 0 saturated carbocycles. The van der Waals surface area contributed by atoms with Crippen LogP contribution in [0.4, 0.5) is 0 Å². The van der Waals surface area contributed by atoms with Gasteiger partial charge in [0.15, 0.2) is 0 Å². The molecule has 0 aliphatic carbocycles. The lowest BCUT2D eigenvalue weighted by atomic mass is 10.1. The Balaban J connectivity index is -0.000000114. The molecule has 1 nitrogen and oxygen atoms in total. The van der Waals surface area contributed by atoms with Crippen LogP contribution in [0.3, 0.4) is 0 Å². The lowest BCUT2D eigenvalue weighted by Crippen LogP contribution is -1.95. The van der Waals surface area contributed by atoms with E-state index in [-0.39, 0.29) is 0 Å². The fraction of sp³-hybridized carbons (Fsp3) is 0.660. The van der Waals surface area contributed by atoms with Crippen molar-refractivity contribution >= 4 is 0 Å². The van der Waals surface area contributed by atoms with Gasteiger partial charge in [-0.2, -0.15) is 0 Å². The molecule has 0 saturated heterocycles. The topological polar surface area (TPSA) is 9.23 Å². The van der Waals surface area contributed by atoms with E-state index in [0.717, 1.165) is 25.2 Å². The van der Waals surface area contributed by atoms with E-state index in [1.807, 2.05) is 57.2 Å². The molecule has 1 aromatic rings. The standard InChI is InChI=1S/C11H16O.C11H22.C9H18.C7H14.C4H8.C3H6.C2H6/c1-3-4-9-12-11-7-5-10(2)6-8-11;1-3-5-7-9-11-10-8-6-4-2;1-3-5-7-9-8-6-4-2;1-3-5-7-6-4-2;1-3-4-2;1-3-2;1-2/h5-8H,3-4,9H2,1-2H3;3H,1,4-11H2,2H3;3H,1,4-9H2,2H3;3H,1,4-7H2,2H3;3H,1,4H2,2H3;3H,1H2,2H3;1-2H3. The molecule has 1 rings (SSSR count). The minimum atomic E-state index is 0.833. The fourth-order valence-corrected chi connectivity index (χ4v) is 3.65. The maximum atomic E-state index is 5.50. The molecule has 0 heterocycles. The van der Waals surface area contributed by atoms with Crippen molar-refractivity contribution in [1.82, 2.24) is 0 Å². The Morgan fingerprint density at radius 2 is 0.771 bits per heavy atom. The first-order valence-corrected chi connectivity index (χ1v) is 20.1. The smallest absolute Gasteiger partial charge is 0.119 e. The van der Waals surface area contributed by atoms with Crippen molar-refractivity contribution in [3.05, 3.63) is 93.1 Å². The molecule has 1 heteroatoms. The van der Waals surface area contributed by atoms with E-state index in [4.69, 9.17) is 4.74 Å². The molecule has 0 unspecified atom stereocenters. The van der Waals surface area contributed by atoms with E-state index < -0.39 is 0 Å². The molecule has 1 aromatic carbocycles. The summed E-state index contributed by atoms with van der Waals surface area (Å²) in [7, 11) is 0. The summed E-state index contributed by atoms with van der Waals surface area (Å²) in [6.07, 6.45) is 37.3. The number of hydrogen-bond acceptors (Lipinski definition) is 1. The summed E-state index contributed by atoms with van der Waals surface area (Å²) in [5.41, 5.74) is 1.28. The van der Waals surface area contributed by atoms with Gasteiger partial charge in [0.05, 0.1) is 6.61 Å². The quantitative estimate of drug-likeness (QED) is 0.0831. The Labute approximate surface area is 306 Å². The van der Waals surface area contributed by atoms with E-state index in [9.17, 15) is 0 Å². The van der Waals surface area contributed by atoms with Crippen molar-refractivity contribution in [2.24, 2.45) is 0 Å². The molecule has 0 aliphatic rings. The predicted octanol–water partition coefficient (Wildman–Crippen LogP) is 17.6. The molecule has 0 spiro atoms. The van der Waals surface area contributed by atoms with Gasteiger partial charge in [-0.1, -0.05) is 180 Å². The number of ether oxygens (including phenoxy) is 1. The van der Waals surface area contributed by atoms with Crippen molar-refractivity contribution in [1.29, 1.82) is 0 Å². The molecule has 0 amide bonds. The average molecular weight is 671 g/mol. The summed E-state index contributed by atoms with van der Waals surface area (Å²) in [6, 6.07) is 8.18. The second-order valence-electron chi connectivity index (χ2n) is 11.6. The Morgan fingerprint density at radius 3 is 1.08 bits per heavy atom. The van der Waals surface area contributed by atoms with Crippen LogP contribution in [-0.2, 0) is 0 Å². The lowest BCUT2D eigenvalue weighted by molar-refractivity contribution is 0.309. The maximum absolute atomic E-state index is 5.50. The van der Waals surface area contributed by atoms with E-state index >= 15 is 0 Å². The fourth-order valence-electron chi connectivity index (χ4n) is 3.65. The molecule has 0 bridgehead atoms. The van der Waals surface area contributed by atoms with Crippen LogP contribution in [0.15, 0.2) is 87.5 Å². The highest BCUT2D eigenvalue weighted by molar-refractivity contribution is 5.26. The van der Waals surface area contributed by atoms with Crippen molar-refractivity contribution in [2.45, 2.75) is 197 Å². The average Bonchev–Trinajstić information content (AvgIpc) is 3.11. The Bertz CT molecular complexity index is 669. The molecule has 0 radical (unpaired) electrons. The van der Waals surface area contributed by atoms with Gasteiger partial charge in [-0.3, -0.25) is 0 Å². The van der Waals surface area contributed by atoms with Crippen LogP contribution < -0.4 is 4.74 Å². The minimum absolute atomic E-state index is 0.833. The van der Waals surface area contributed by atoms with Crippen LogP contribution in [0.5, 0.6) is 5.75 Å². The minimum Gasteiger partial charge on any atom is -0.494 e. The van der Waals surface area contributed by atoms with Gasteiger partial charge in [-0.25, -0.2) is 0 Å². The highest BCUT2D eigenvalue weighted by Gasteiger charge is 1.91. The van der Waals surface area contributed by atoms with Crippen LogP contribution in [0, 0.1) is 6.92 Å². The van der Waals surface area contributed by atoms with Crippen molar-refractivity contribution in [2.75, 3.05) is 6.61 Å². The van der Waals surface area contributed by atoms with Gasteiger partial charge in [-0.05, 0) is 77.3 Å². The Kier molecular flexibility index (Phi) is 80.9. The zero-order chi connectivity index (χ0) is 37.8. The van der Waals surface area contributed by atoms with Crippen LogP contribution in [0.25, 0.3) is 0 Å². The molecule has 0 fully saturated rings. The summed E-state index contributed by atoms with van der Waals surface area (Å²) in [4.78, 5) is 0. The molecule has 0 aromatic heterocycles. The molecular weight excluding hydrogens is 581 g/mol. The van der Waals surface area contributed by atoms with Crippen LogP contribution >= 0.6 is 0 Å². The van der Waals surface area contributed by atoms with Crippen LogP contribution in [-0.4, -0.2) is 6.61 Å². The molecule has 48 heavy (non-hydrogen) atoms. The first-order chi connectivity index (χ1) is 23.4. The lowest BCUT2D eigenvalue weighted by Gasteiger charge is -2.04. The van der Waals surface area contributed by atoms with Crippen molar-refractivity contribution < 1.29 is 4.74 Å². The third-order valence-electron chi connectivity index (χ3n) is 6.61. The monoisotopic (exact) mass is 671 g/mol. The number of aryl methyl sites for hydroxylation is 1. The second-order valence-corrected chi connectivity index (χ2v) is 11.6. The predicted molar refractivity (Wildman–Crippen MR) is 230 cm³/mol. The van der Waals surface area contributed by atoms with Crippen LogP contribution in [0.1, 0.15) is 196 Å². The normalized spacial score (nSPS) is 8.69. The van der Waals surface area contributed by atoms with Crippen molar-refractivity contribution in [3.63, 3.8) is 0 Å². The van der Waals surface area contributed by atoms with Crippen molar-refractivity contribution in [3.8, 4) is 5.75 Å². The van der Waals surface area contributed by atoms with E-state index in [0.29, 0.717) is 0 Å². The van der Waals surface area contributed by atoms with Gasteiger partial charge < -0.3 is 4.74 Å². The van der Waals surface area contributed by atoms with Gasteiger partial charge in [0.2, 0.25) is 0 Å². The zero-order valence-electron chi connectivity index (χ0n) is 34.7. The van der Waals surface area contributed by atoms with Gasteiger partial charge in [0, 0.05) is 0 Å². The third kappa shape index (κ3) is 79.3. The molecule has 0 atom stereocenters. The summed E-state index contributed by atoms with van der Waals surface area (Å²) >= 11 is 0. The van der Waals surface area contributed by atoms with Gasteiger partial charge in [0.25, 0.3) is 0 Å². The number of unbranched alkanes of at least 4 members (excludes halogenated alkanes) is 16.